The molecular formula is C20H17ClN2O5. The number of halogens is 1. The van der Waals surface area contributed by atoms with E-state index in [1.165, 1.54) is 0 Å². The van der Waals surface area contributed by atoms with Gasteiger partial charge in [-0.1, -0.05) is 29.8 Å². The molecule has 0 unspecified atom stereocenters. The van der Waals surface area contributed by atoms with Crippen LogP contribution in [0.3, 0.4) is 0 Å². The van der Waals surface area contributed by atoms with Crippen LogP contribution in [0.25, 0.3) is 0 Å². The summed E-state index contributed by atoms with van der Waals surface area (Å²) in [4.78, 5) is 39.0. The SMILES string of the molecule is C[C@@]1(c2ccccc2Cl)NC(=O)N(CC(=O)c2ccc3c(c2)OCCO3)C1=O. The van der Waals surface area contributed by atoms with E-state index in [-0.39, 0.29) is 12.3 Å². The first kappa shape index (κ1) is 18.3. The molecule has 144 valence electrons. The summed E-state index contributed by atoms with van der Waals surface area (Å²) >= 11 is 6.21. The molecule has 1 fully saturated rings. The van der Waals surface area contributed by atoms with Gasteiger partial charge in [-0.3, -0.25) is 14.5 Å². The molecule has 0 saturated carbocycles. The number of hydrogen-bond donors (Lipinski definition) is 1. The molecule has 3 amide bonds. The summed E-state index contributed by atoms with van der Waals surface area (Å²) in [5.41, 5.74) is -0.525. The van der Waals surface area contributed by atoms with E-state index >= 15 is 0 Å². The van der Waals surface area contributed by atoms with Crippen LogP contribution in [0.1, 0.15) is 22.8 Å². The quantitative estimate of drug-likeness (QED) is 0.630. The van der Waals surface area contributed by atoms with Crippen LogP contribution in [0.15, 0.2) is 42.5 Å². The highest BCUT2D eigenvalue weighted by atomic mass is 35.5. The minimum Gasteiger partial charge on any atom is -0.486 e. The highest BCUT2D eigenvalue weighted by molar-refractivity contribution is 6.32. The maximum Gasteiger partial charge on any atom is 0.325 e. The summed E-state index contributed by atoms with van der Waals surface area (Å²) in [5, 5.41) is 3.01. The van der Waals surface area contributed by atoms with E-state index in [0.29, 0.717) is 40.9 Å². The number of ether oxygens (including phenoxy) is 2. The van der Waals surface area contributed by atoms with E-state index in [0.717, 1.165) is 4.90 Å². The van der Waals surface area contributed by atoms with E-state index in [2.05, 4.69) is 5.32 Å². The molecular weight excluding hydrogens is 384 g/mol. The Labute approximate surface area is 166 Å². The van der Waals surface area contributed by atoms with Crippen LogP contribution in [0, 0.1) is 0 Å². The second-order valence-corrected chi connectivity index (χ2v) is 7.12. The molecule has 4 rings (SSSR count). The maximum absolute atomic E-state index is 13.0. The molecule has 2 aliphatic heterocycles. The number of ketones is 1. The number of nitrogens with one attached hydrogen (secondary N) is 1. The fourth-order valence-electron chi connectivity index (χ4n) is 3.34. The average molecular weight is 401 g/mol. The van der Waals surface area contributed by atoms with Gasteiger partial charge >= 0.3 is 6.03 Å². The zero-order valence-electron chi connectivity index (χ0n) is 15.0. The molecule has 0 spiro atoms. The highest BCUT2D eigenvalue weighted by Gasteiger charge is 2.50. The molecule has 2 heterocycles. The van der Waals surface area contributed by atoms with Crippen molar-refractivity contribution in [1.29, 1.82) is 0 Å². The van der Waals surface area contributed by atoms with E-state index in [1.807, 2.05) is 0 Å². The molecule has 28 heavy (non-hydrogen) atoms. The smallest absolute Gasteiger partial charge is 0.325 e. The Balaban J connectivity index is 1.57. The molecule has 7 nitrogen and oxygen atoms in total. The van der Waals surface area contributed by atoms with Crippen molar-refractivity contribution in [1.82, 2.24) is 10.2 Å². The van der Waals surface area contributed by atoms with E-state index in [9.17, 15) is 14.4 Å². The Morgan fingerprint density at radius 2 is 1.86 bits per heavy atom. The number of rotatable bonds is 4. The number of Topliss-reactive ketones (excluding diaryl/α,β-unsaturated/α-hetero) is 1. The Morgan fingerprint density at radius 1 is 1.14 bits per heavy atom. The summed E-state index contributed by atoms with van der Waals surface area (Å²) in [6.07, 6.45) is 0. The third-order valence-electron chi connectivity index (χ3n) is 4.85. The number of carbonyl (C=O) groups excluding carboxylic acids is 3. The van der Waals surface area contributed by atoms with Gasteiger partial charge in [0.25, 0.3) is 5.91 Å². The van der Waals surface area contributed by atoms with Gasteiger partial charge in [0.05, 0.1) is 6.54 Å². The van der Waals surface area contributed by atoms with Gasteiger partial charge in [-0.15, -0.1) is 0 Å². The van der Waals surface area contributed by atoms with Crippen molar-refractivity contribution in [3.05, 3.63) is 58.6 Å². The first-order valence-electron chi connectivity index (χ1n) is 8.72. The Hall–Kier alpha value is -3.06. The topological polar surface area (TPSA) is 84.9 Å². The van der Waals surface area contributed by atoms with Gasteiger partial charge in [-0.25, -0.2) is 4.79 Å². The van der Waals surface area contributed by atoms with Gasteiger partial charge in [0.15, 0.2) is 17.3 Å². The van der Waals surface area contributed by atoms with Gasteiger partial charge in [-0.2, -0.15) is 0 Å². The van der Waals surface area contributed by atoms with Crippen molar-refractivity contribution in [2.24, 2.45) is 0 Å². The standard InChI is InChI=1S/C20H17ClN2O5/c1-20(13-4-2-3-5-14(13)21)18(25)23(19(26)22-20)11-15(24)12-6-7-16-17(10-12)28-9-8-27-16/h2-7,10H,8-9,11H2,1H3,(H,22,26)/t20-/m0/s1. The third kappa shape index (κ3) is 2.97. The van der Waals surface area contributed by atoms with Crippen LogP contribution < -0.4 is 14.8 Å². The highest BCUT2D eigenvalue weighted by Crippen LogP contribution is 2.34. The Morgan fingerprint density at radius 3 is 2.61 bits per heavy atom. The predicted octanol–water partition coefficient (Wildman–Crippen LogP) is 2.76. The summed E-state index contributed by atoms with van der Waals surface area (Å²) in [6, 6.07) is 10.9. The fraction of sp³-hybridized carbons (Fsp3) is 0.250. The lowest BCUT2D eigenvalue weighted by atomic mass is 9.92. The molecule has 2 aliphatic rings. The fourth-order valence-corrected chi connectivity index (χ4v) is 3.67. The van der Waals surface area contributed by atoms with Crippen LogP contribution in [0.4, 0.5) is 4.79 Å². The molecule has 0 aliphatic carbocycles. The summed E-state index contributed by atoms with van der Waals surface area (Å²) in [5.74, 6) is 0.111. The van der Waals surface area contributed by atoms with Gasteiger partial charge in [0.2, 0.25) is 0 Å². The van der Waals surface area contributed by atoms with Crippen LogP contribution >= 0.6 is 11.6 Å². The van der Waals surface area contributed by atoms with E-state index < -0.39 is 17.5 Å². The van der Waals surface area contributed by atoms with Crippen molar-refractivity contribution in [3.63, 3.8) is 0 Å². The predicted molar refractivity (Wildman–Crippen MR) is 101 cm³/mol. The monoisotopic (exact) mass is 400 g/mol. The lowest BCUT2D eigenvalue weighted by Crippen LogP contribution is -2.41. The number of carbonyl (C=O) groups is 3. The largest absolute Gasteiger partial charge is 0.486 e. The second kappa shape index (κ2) is 6.83. The molecule has 0 aromatic heterocycles. The molecule has 1 saturated heterocycles. The molecule has 8 heteroatoms. The maximum atomic E-state index is 13.0. The molecule has 0 bridgehead atoms. The summed E-state index contributed by atoms with van der Waals surface area (Å²) in [7, 11) is 0. The summed E-state index contributed by atoms with van der Waals surface area (Å²) in [6.45, 7) is 2.03. The molecule has 2 aromatic carbocycles. The number of amides is 3. The first-order chi connectivity index (χ1) is 13.4. The van der Waals surface area contributed by atoms with Crippen molar-refractivity contribution >= 4 is 29.3 Å². The third-order valence-corrected chi connectivity index (χ3v) is 5.18. The Kier molecular flexibility index (Phi) is 4.47. The normalized spacial score (nSPS) is 20.9. The van der Waals surface area contributed by atoms with Gasteiger partial charge in [0.1, 0.15) is 18.8 Å². The summed E-state index contributed by atoms with van der Waals surface area (Å²) < 4.78 is 10.9. The number of hydrogen-bond acceptors (Lipinski definition) is 5. The van der Waals surface area contributed by atoms with Crippen LogP contribution in [-0.4, -0.2) is 42.4 Å². The molecule has 0 radical (unpaired) electrons. The number of nitrogens with zero attached hydrogens (tertiary/aromatic N) is 1. The van der Waals surface area contributed by atoms with Crippen LogP contribution in [0.5, 0.6) is 11.5 Å². The lowest BCUT2D eigenvalue weighted by Gasteiger charge is -2.23. The molecule has 1 N–H and O–H groups in total. The lowest BCUT2D eigenvalue weighted by molar-refractivity contribution is -0.130. The van der Waals surface area contributed by atoms with Gasteiger partial charge < -0.3 is 14.8 Å². The van der Waals surface area contributed by atoms with E-state index in [4.69, 9.17) is 21.1 Å². The minimum atomic E-state index is -1.33. The Bertz CT molecular complexity index is 992. The second-order valence-electron chi connectivity index (χ2n) is 6.71. The number of benzene rings is 2. The van der Waals surface area contributed by atoms with Crippen molar-refractivity contribution < 1.29 is 23.9 Å². The van der Waals surface area contributed by atoms with Crippen molar-refractivity contribution in [2.45, 2.75) is 12.5 Å². The van der Waals surface area contributed by atoms with Gasteiger partial charge in [-0.05, 0) is 31.2 Å². The van der Waals surface area contributed by atoms with Gasteiger partial charge in [0, 0.05) is 16.1 Å². The zero-order chi connectivity index (χ0) is 19.9. The average Bonchev–Trinajstić information content (AvgIpc) is 2.91. The number of fused-ring (bicyclic) bond motifs is 1. The zero-order valence-corrected chi connectivity index (χ0v) is 15.8. The van der Waals surface area contributed by atoms with E-state index in [1.54, 1.807) is 49.4 Å². The van der Waals surface area contributed by atoms with Crippen molar-refractivity contribution in [3.8, 4) is 11.5 Å². The molecule has 1 atom stereocenters. The van der Waals surface area contributed by atoms with Crippen LogP contribution in [-0.2, 0) is 10.3 Å². The minimum absolute atomic E-state index is 0.330. The first-order valence-corrected chi connectivity index (χ1v) is 9.10. The molecule has 2 aromatic rings. The number of urea groups is 1. The van der Waals surface area contributed by atoms with Crippen LogP contribution in [0.2, 0.25) is 5.02 Å². The number of imide groups is 1. The van der Waals surface area contributed by atoms with Crippen molar-refractivity contribution in [2.75, 3.05) is 19.8 Å².